The first-order valence-corrected chi connectivity index (χ1v) is 3.24. The number of halogens is 3. The van der Waals surface area contributed by atoms with Crippen LogP contribution in [0.5, 0.6) is 0 Å². The summed E-state index contributed by atoms with van der Waals surface area (Å²) in [5.41, 5.74) is -5.41. The van der Waals surface area contributed by atoms with Gasteiger partial charge in [0.1, 0.15) is 0 Å². The lowest BCUT2D eigenvalue weighted by atomic mass is 11.2. The highest BCUT2D eigenvalue weighted by Crippen LogP contribution is 2.24. The molecule has 0 aliphatic carbocycles. The topological polar surface area (TPSA) is 43.4 Å². The Morgan fingerprint density at radius 3 is 1.90 bits per heavy atom. The normalized spacial score (nSPS) is 12.7. The molecule has 0 unspecified atom stereocenters. The fourth-order valence-electron chi connectivity index (χ4n) is 0.125. The third-order valence-corrected chi connectivity index (χ3v) is 1.36. The molecule has 0 saturated heterocycles. The van der Waals surface area contributed by atoms with E-state index in [2.05, 4.69) is 10.8 Å². The van der Waals surface area contributed by atoms with Crippen LogP contribution in [0.1, 0.15) is 0 Å². The summed E-state index contributed by atoms with van der Waals surface area (Å²) in [5.74, 6) is 0. The van der Waals surface area contributed by atoms with Crippen LogP contribution >= 0.6 is 0 Å². The van der Waals surface area contributed by atoms with Crippen molar-refractivity contribution in [2.24, 2.45) is 0 Å². The fourth-order valence-corrected chi connectivity index (χ4v) is 0.374. The number of rotatable bonds is 2. The van der Waals surface area contributed by atoms with Gasteiger partial charge in [-0.25, -0.2) is 0 Å². The van der Waals surface area contributed by atoms with E-state index in [4.69, 9.17) is 0 Å². The zero-order valence-corrected chi connectivity index (χ0v) is 5.29. The highest BCUT2D eigenvalue weighted by molar-refractivity contribution is 7.87. The summed E-state index contributed by atoms with van der Waals surface area (Å²) in [6.07, 6.45) is 1.16. The molecule has 0 rings (SSSR count). The highest BCUT2D eigenvalue weighted by Gasteiger charge is 2.47. The van der Waals surface area contributed by atoms with Crippen molar-refractivity contribution in [2.75, 3.05) is 0 Å². The van der Waals surface area contributed by atoms with E-state index in [0.29, 0.717) is 0 Å². The van der Waals surface area contributed by atoms with Crippen LogP contribution < -0.4 is 0 Å². The lowest BCUT2D eigenvalue weighted by Crippen LogP contribution is -2.23. The zero-order chi connectivity index (χ0) is 8.41. The molecule has 59 valence electrons. The van der Waals surface area contributed by atoms with E-state index < -0.39 is 15.6 Å². The molecular formula is C3H2F3O3S. The average molecular weight is 175 g/mol. The molecular weight excluding hydrogens is 173 g/mol. The second-order valence-corrected chi connectivity index (χ2v) is 2.67. The first-order chi connectivity index (χ1) is 4.31. The molecule has 0 aliphatic rings. The van der Waals surface area contributed by atoms with Crippen LogP contribution in [0.15, 0.2) is 6.58 Å². The third kappa shape index (κ3) is 1.90. The lowest BCUT2D eigenvalue weighted by Gasteiger charge is -2.03. The molecule has 0 fully saturated rings. The van der Waals surface area contributed by atoms with Crippen molar-refractivity contribution in [3.05, 3.63) is 12.8 Å². The predicted octanol–water partition coefficient (Wildman–Crippen LogP) is 0.799. The minimum atomic E-state index is -5.52. The molecule has 3 nitrogen and oxygen atoms in total. The van der Waals surface area contributed by atoms with Crippen LogP contribution in [0.4, 0.5) is 13.2 Å². The number of hydrogen-bond donors (Lipinski definition) is 0. The van der Waals surface area contributed by atoms with E-state index in [1.807, 2.05) is 0 Å². The fraction of sp³-hybridized carbons (Fsp3) is 0.333. The molecule has 10 heavy (non-hydrogen) atoms. The van der Waals surface area contributed by atoms with E-state index in [1.165, 1.54) is 0 Å². The number of hydrogen-bond acceptors (Lipinski definition) is 3. The third-order valence-electron chi connectivity index (χ3n) is 0.452. The summed E-state index contributed by atoms with van der Waals surface area (Å²) in [6, 6.07) is 0. The van der Waals surface area contributed by atoms with Crippen LogP contribution in [-0.2, 0) is 14.3 Å². The van der Waals surface area contributed by atoms with Crippen molar-refractivity contribution in [2.45, 2.75) is 5.51 Å². The van der Waals surface area contributed by atoms with Crippen molar-refractivity contribution >= 4 is 10.1 Å². The Bertz CT molecular complexity index is 214. The molecule has 0 atom stereocenters. The van der Waals surface area contributed by atoms with Gasteiger partial charge in [0, 0.05) is 0 Å². The monoisotopic (exact) mass is 175 g/mol. The Balaban J connectivity index is 4.59. The quantitative estimate of drug-likeness (QED) is 0.354. The second kappa shape index (κ2) is 2.49. The summed E-state index contributed by atoms with van der Waals surface area (Å²) >= 11 is 0. The Labute approximate surface area is 55.2 Å². The van der Waals surface area contributed by atoms with Crippen LogP contribution in [-0.4, -0.2) is 13.9 Å². The van der Waals surface area contributed by atoms with Gasteiger partial charge in [0.05, 0.1) is 0 Å². The van der Waals surface area contributed by atoms with Crippen LogP contribution in [0.25, 0.3) is 0 Å². The highest BCUT2D eigenvalue weighted by atomic mass is 32.2. The summed E-state index contributed by atoms with van der Waals surface area (Å²) in [4.78, 5) is 0. The summed E-state index contributed by atoms with van der Waals surface area (Å²) in [6.45, 7) is 2.53. The van der Waals surface area contributed by atoms with Gasteiger partial charge in [0.25, 0.3) is 0 Å². The summed E-state index contributed by atoms with van der Waals surface area (Å²) in [7, 11) is -5.52. The Hall–Kier alpha value is -0.720. The molecule has 0 spiro atoms. The summed E-state index contributed by atoms with van der Waals surface area (Å²) < 4.78 is 56.4. The van der Waals surface area contributed by atoms with Crippen molar-refractivity contribution in [1.82, 2.24) is 0 Å². The van der Waals surface area contributed by atoms with E-state index in [-0.39, 0.29) is 0 Å². The molecule has 0 aromatic carbocycles. The van der Waals surface area contributed by atoms with Crippen molar-refractivity contribution in [3.63, 3.8) is 0 Å². The SMILES string of the molecule is C=[C]OS(=O)(=O)C(F)(F)F. The zero-order valence-electron chi connectivity index (χ0n) is 4.47. The predicted molar refractivity (Wildman–Crippen MR) is 24.9 cm³/mol. The van der Waals surface area contributed by atoms with Crippen molar-refractivity contribution < 1.29 is 25.8 Å². The minimum Gasteiger partial charge on any atom is -0.373 e. The van der Waals surface area contributed by atoms with E-state index in [1.54, 1.807) is 0 Å². The summed E-state index contributed by atoms with van der Waals surface area (Å²) in [5, 5.41) is 0. The van der Waals surface area contributed by atoms with Gasteiger partial charge in [-0.2, -0.15) is 21.6 Å². The lowest BCUT2D eigenvalue weighted by molar-refractivity contribution is -0.0519. The standard InChI is InChI=1S/C3H2F3O3S/c1-2-9-10(7,8)3(4,5)6/h1H2. The first kappa shape index (κ1) is 9.28. The van der Waals surface area contributed by atoms with Crippen LogP contribution in [0.3, 0.4) is 0 Å². The minimum absolute atomic E-state index is 1.16. The Morgan fingerprint density at radius 1 is 1.40 bits per heavy atom. The van der Waals surface area contributed by atoms with Gasteiger partial charge in [-0.05, 0) is 0 Å². The molecule has 0 amide bonds. The van der Waals surface area contributed by atoms with Gasteiger partial charge in [-0.3, -0.25) is 0 Å². The van der Waals surface area contributed by atoms with Gasteiger partial charge in [-0.1, -0.05) is 6.58 Å². The molecule has 1 radical (unpaired) electrons. The molecule has 0 heterocycles. The Kier molecular flexibility index (Phi) is 2.31. The van der Waals surface area contributed by atoms with E-state index in [0.717, 1.165) is 6.26 Å². The van der Waals surface area contributed by atoms with E-state index >= 15 is 0 Å². The molecule has 0 saturated carbocycles. The van der Waals surface area contributed by atoms with Gasteiger partial charge in [0.2, 0.25) is 0 Å². The maximum absolute atomic E-state index is 11.2. The number of alkyl halides is 3. The van der Waals surface area contributed by atoms with Gasteiger partial charge in [0.15, 0.2) is 6.26 Å². The van der Waals surface area contributed by atoms with Gasteiger partial charge >= 0.3 is 15.6 Å². The molecule has 0 bridgehead atoms. The molecule has 0 aromatic rings. The van der Waals surface area contributed by atoms with Crippen LogP contribution in [0.2, 0.25) is 0 Å². The maximum atomic E-state index is 11.2. The second-order valence-electron chi connectivity index (χ2n) is 1.13. The van der Waals surface area contributed by atoms with Crippen molar-refractivity contribution in [3.8, 4) is 0 Å². The van der Waals surface area contributed by atoms with Gasteiger partial charge in [-0.15, -0.1) is 0 Å². The maximum Gasteiger partial charge on any atom is 0.534 e. The van der Waals surface area contributed by atoms with Crippen LogP contribution in [0, 0.1) is 6.26 Å². The molecule has 0 aliphatic heterocycles. The molecule has 7 heteroatoms. The van der Waals surface area contributed by atoms with E-state index in [9.17, 15) is 21.6 Å². The average Bonchev–Trinajstić information content (AvgIpc) is 1.61. The largest absolute Gasteiger partial charge is 0.534 e. The van der Waals surface area contributed by atoms with Gasteiger partial charge < -0.3 is 4.18 Å². The molecule has 0 aromatic heterocycles. The molecule has 0 N–H and O–H groups in total. The van der Waals surface area contributed by atoms with Crippen molar-refractivity contribution in [1.29, 1.82) is 0 Å². The smallest absolute Gasteiger partial charge is 0.373 e. The first-order valence-electron chi connectivity index (χ1n) is 1.83. The Morgan fingerprint density at radius 2 is 1.80 bits per heavy atom.